The minimum absolute atomic E-state index is 0.0804. The lowest BCUT2D eigenvalue weighted by Gasteiger charge is -2.33. The van der Waals surface area contributed by atoms with Crippen LogP contribution in [0.2, 0.25) is 0 Å². The van der Waals surface area contributed by atoms with E-state index >= 15 is 0 Å². The first-order valence-electron chi connectivity index (χ1n) is 6.52. The lowest BCUT2D eigenvalue weighted by atomic mass is 9.94. The van der Waals surface area contributed by atoms with Gasteiger partial charge in [0.25, 0.3) is 5.91 Å². The number of nitrogens with zero attached hydrogens (tertiary/aromatic N) is 2. The minimum atomic E-state index is -0.0804. The van der Waals surface area contributed by atoms with Crippen LogP contribution in [0.4, 0.5) is 0 Å². The Labute approximate surface area is 112 Å². The summed E-state index contributed by atoms with van der Waals surface area (Å²) in [5.41, 5.74) is 0.729. The summed E-state index contributed by atoms with van der Waals surface area (Å²) in [5.74, 6) is 0.696. The number of halogens is 1. The van der Waals surface area contributed by atoms with E-state index in [0.29, 0.717) is 24.2 Å². The summed E-state index contributed by atoms with van der Waals surface area (Å²) in [6.45, 7) is 2.39. The number of alkyl halides is 1. The topological polar surface area (TPSA) is 46.3 Å². The van der Waals surface area contributed by atoms with Gasteiger partial charge in [-0.05, 0) is 19.8 Å². The Kier molecular flexibility index (Phi) is 4.64. The number of hydrogen-bond donors (Lipinski definition) is 0. The highest BCUT2D eigenvalue weighted by molar-refractivity contribution is 6.18. The first-order valence-corrected chi connectivity index (χ1v) is 7.06. The van der Waals surface area contributed by atoms with E-state index in [1.807, 2.05) is 11.8 Å². The van der Waals surface area contributed by atoms with E-state index in [9.17, 15) is 4.79 Å². The number of carbonyl (C=O) groups is 1. The molecule has 0 aliphatic heterocycles. The molecule has 0 N–H and O–H groups in total. The van der Waals surface area contributed by atoms with Gasteiger partial charge in [-0.1, -0.05) is 24.4 Å². The predicted molar refractivity (Wildman–Crippen MR) is 69.9 cm³/mol. The van der Waals surface area contributed by atoms with Gasteiger partial charge in [0, 0.05) is 24.5 Å². The van der Waals surface area contributed by atoms with Crippen molar-refractivity contribution < 1.29 is 9.32 Å². The number of carbonyl (C=O) groups excluding carboxylic acids is 1. The molecule has 1 aromatic heterocycles. The molecule has 0 aromatic carbocycles. The zero-order valence-corrected chi connectivity index (χ0v) is 11.4. The van der Waals surface area contributed by atoms with Gasteiger partial charge in [0.05, 0.1) is 5.69 Å². The van der Waals surface area contributed by atoms with Gasteiger partial charge in [0.1, 0.15) is 0 Å². The van der Waals surface area contributed by atoms with Crippen LogP contribution >= 0.6 is 11.6 Å². The lowest BCUT2D eigenvalue weighted by Crippen LogP contribution is -2.42. The summed E-state index contributed by atoms with van der Waals surface area (Å²) in [6, 6.07) is 1.99. The summed E-state index contributed by atoms with van der Waals surface area (Å²) in [6.07, 6.45) is 5.77. The summed E-state index contributed by atoms with van der Waals surface area (Å²) < 4.78 is 5.06. The highest BCUT2D eigenvalue weighted by atomic mass is 35.5. The van der Waals surface area contributed by atoms with Crippen LogP contribution in [0.25, 0.3) is 0 Å². The molecule has 0 atom stereocenters. The maximum atomic E-state index is 12.4. The lowest BCUT2D eigenvalue weighted by molar-refractivity contribution is 0.0607. The van der Waals surface area contributed by atoms with Gasteiger partial charge < -0.3 is 9.42 Å². The molecule has 0 unspecified atom stereocenters. The summed E-state index contributed by atoms with van der Waals surface area (Å²) in [7, 11) is 0. The van der Waals surface area contributed by atoms with Crippen LogP contribution in [0.1, 0.15) is 48.4 Å². The number of aromatic nitrogens is 1. The fourth-order valence-corrected chi connectivity index (χ4v) is 2.72. The average Bonchev–Trinajstić information content (AvgIpc) is 2.83. The zero-order valence-electron chi connectivity index (χ0n) is 10.7. The van der Waals surface area contributed by atoms with E-state index in [4.69, 9.17) is 16.1 Å². The second-order valence-electron chi connectivity index (χ2n) is 4.81. The molecule has 5 heteroatoms. The Bertz CT molecular complexity index is 399. The van der Waals surface area contributed by atoms with Crippen LogP contribution in [0.5, 0.6) is 0 Å². The summed E-state index contributed by atoms with van der Waals surface area (Å²) in [4.78, 5) is 14.2. The molecular formula is C13H19ClN2O2. The molecule has 4 nitrogen and oxygen atoms in total. The van der Waals surface area contributed by atoms with Crippen molar-refractivity contribution in [2.24, 2.45) is 0 Å². The fraction of sp³-hybridized carbons (Fsp3) is 0.692. The molecule has 0 bridgehead atoms. The first-order chi connectivity index (χ1) is 8.72. The maximum Gasteiger partial charge on any atom is 0.292 e. The third-order valence-electron chi connectivity index (χ3n) is 3.44. The third-order valence-corrected chi connectivity index (χ3v) is 3.61. The van der Waals surface area contributed by atoms with Crippen LogP contribution in [-0.4, -0.2) is 34.4 Å². The zero-order chi connectivity index (χ0) is 13.0. The van der Waals surface area contributed by atoms with Gasteiger partial charge in [-0.15, -0.1) is 11.6 Å². The van der Waals surface area contributed by atoms with E-state index in [-0.39, 0.29) is 5.91 Å². The highest BCUT2D eigenvalue weighted by Crippen LogP contribution is 2.24. The van der Waals surface area contributed by atoms with E-state index < -0.39 is 0 Å². The standard InChI is InChI=1S/C13H19ClN2O2/c1-10-9-12(18-15-10)13(17)16(8-7-14)11-5-3-2-4-6-11/h9,11H,2-8H2,1H3. The summed E-state index contributed by atoms with van der Waals surface area (Å²) in [5, 5.41) is 3.77. The first kappa shape index (κ1) is 13.4. The van der Waals surface area contributed by atoms with Crippen molar-refractivity contribution >= 4 is 17.5 Å². The molecular weight excluding hydrogens is 252 g/mol. The predicted octanol–water partition coefficient (Wildman–Crippen LogP) is 3.00. The maximum absolute atomic E-state index is 12.4. The fourth-order valence-electron chi connectivity index (χ4n) is 2.54. The number of aryl methyl sites for hydroxylation is 1. The van der Waals surface area contributed by atoms with Crippen molar-refractivity contribution in [1.29, 1.82) is 0 Å². The van der Waals surface area contributed by atoms with Gasteiger partial charge >= 0.3 is 0 Å². The number of hydrogen-bond acceptors (Lipinski definition) is 3. The highest BCUT2D eigenvalue weighted by Gasteiger charge is 2.27. The van der Waals surface area contributed by atoms with Crippen molar-refractivity contribution in [2.45, 2.75) is 45.1 Å². The third kappa shape index (κ3) is 3.05. The second kappa shape index (κ2) is 6.23. The molecule has 0 spiro atoms. The van der Waals surface area contributed by atoms with Gasteiger partial charge in [-0.2, -0.15) is 0 Å². The van der Waals surface area contributed by atoms with E-state index in [1.54, 1.807) is 6.07 Å². The van der Waals surface area contributed by atoms with Gasteiger partial charge in [-0.25, -0.2) is 0 Å². The monoisotopic (exact) mass is 270 g/mol. The quantitative estimate of drug-likeness (QED) is 0.790. The Morgan fingerprint density at radius 2 is 2.22 bits per heavy atom. The van der Waals surface area contributed by atoms with E-state index in [2.05, 4.69) is 5.16 Å². The summed E-state index contributed by atoms with van der Waals surface area (Å²) >= 11 is 5.81. The minimum Gasteiger partial charge on any atom is -0.351 e. The Morgan fingerprint density at radius 3 is 2.78 bits per heavy atom. The Morgan fingerprint density at radius 1 is 1.50 bits per heavy atom. The molecule has 1 aromatic rings. The van der Waals surface area contributed by atoms with E-state index in [0.717, 1.165) is 18.5 Å². The molecule has 18 heavy (non-hydrogen) atoms. The Hall–Kier alpha value is -1.03. The molecule has 1 fully saturated rings. The van der Waals surface area contributed by atoms with Crippen molar-refractivity contribution in [3.8, 4) is 0 Å². The molecule has 1 aliphatic rings. The van der Waals surface area contributed by atoms with Crippen LogP contribution in [0, 0.1) is 6.92 Å². The number of amides is 1. The van der Waals surface area contributed by atoms with E-state index in [1.165, 1.54) is 19.3 Å². The van der Waals surface area contributed by atoms with Crippen molar-refractivity contribution in [3.05, 3.63) is 17.5 Å². The average molecular weight is 271 g/mol. The van der Waals surface area contributed by atoms with Crippen LogP contribution < -0.4 is 0 Å². The van der Waals surface area contributed by atoms with Gasteiger partial charge in [0.15, 0.2) is 0 Å². The molecule has 1 aliphatic carbocycles. The largest absolute Gasteiger partial charge is 0.351 e. The molecule has 2 rings (SSSR count). The van der Waals surface area contributed by atoms with Crippen molar-refractivity contribution in [3.63, 3.8) is 0 Å². The molecule has 0 radical (unpaired) electrons. The molecule has 1 heterocycles. The van der Waals surface area contributed by atoms with Crippen LogP contribution in [0.15, 0.2) is 10.6 Å². The Balaban J connectivity index is 2.10. The normalized spacial score (nSPS) is 16.8. The van der Waals surface area contributed by atoms with Gasteiger partial charge in [0.2, 0.25) is 5.76 Å². The molecule has 100 valence electrons. The SMILES string of the molecule is Cc1cc(C(=O)N(CCCl)C2CCCCC2)on1. The second-order valence-corrected chi connectivity index (χ2v) is 5.19. The van der Waals surface area contributed by atoms with Gasteiger partial charge in [-0.3, -0.25) is 4.79 Å². The number of rotatable bonds is 4. The molecule has 1 amide bonds. The van der Waals surface area contributed by atoms with Crippen molar-refractivity contribution in [1.82, 2.24) is 10.1 Å². The smallest absolute Gasteiger partial charge is 0.292 e. The molecule has 1 saturated carbocycles. The van der Waals surface area contributed by atoms with Crippen LogP contribution in [0.3, 0.4) is 0 Å². The molecule has 0 saturated heterocycles. The van der Waals surface area contributed by atoms with Crippen molar-refractivity contribution in [2.75, 3.05) is 12.4 Å². The van der Waals surface area contributed by atoms with Crippen LogP contribution in [-0.2, 0) is 0 Å².